The van der Waals surface area contributed by atoms with E-state index < -0.39 is 0 Å². The molecule has 2 nitrogen and oxygen atoms in total. The fraction of sp³-hybridized carbons (Fsp3) is 0.217. The minimum Gasteiger partial charge on any atom is -0.507 e. The molecule has 25 heavy (non-hydrogen) atoms. The second-order valence-corrected chi connectivity index (χ2v) is 6.95. The fourth-order valence-corrected chi connectivity index (χ4v) is 3.35. The zero-order valence-corrected chi connectivity index (χ0v) is 15.4. The van der Waals surface area contributed by atoms with E-state index in [1.807, 2.05) is 52.0 Å². The lowest BCUT2D eigenvalue weighted by atomic mass is 9.92. The molecule has 0 heterocycles. The minimum atomic E-state index is 0.362. The van der Waals surface area contributed by atoms with Gasteiger partial charge in [0.2, 0.25) is 0 Å². The Labute approximate surface area is 149 Å². The molecule has 3 aromatic rings. The average Bonchev–Trinajstić information content (AvgIpc) is 2.57. The summed E-state index contributed by atoms with van der Waals surface area (Å²) in [6.45, 7) is 9.81. The van der Waals surface area contributed by atoms with Gasteiger partial charge in [-0.15, -0.1) is 0 Å². The Bertz CT molecular complexity index is 922. The summed E-state index contributed by atoms with van der Waals surface area (Å²) in [5.41, 5.74) is 9.22. The molecule has 0 bridgehead atoms. The highest BCUT2D eigenvalue weighted by Gasteiger charge is 2.11. The number of phenols is 2. The molecule has 3 aromatic carbocycles. The number of phenolic OH excluding ortho intramolecular Hbond substituents is 2. The van der Waals surface area contributed by atoms with E-state index >= 15 is 0 Å². The maximum absolute atomic E-state index is 10.0. The number of hydrogen-bond acceptors (Lipinski definition) is 2. The van der Waals surface area contributed by atoms with E-state index in [4.69, 9.17) is 0 Å². The number of aryl methyl sites for hydroxylation is 5. The predicted molar refractivity (Wildman–Crippen MR) is 104 cm³/mol. The van der Waals surface area contributed by atoms with Crippen LogP contribution in [-0.2, 0) is 0 Å². The third-order valence-corrected chi connectivity index (χ3v) is 4.86. The van der Waals surface area contributed by atoms with E-state index in [-0.39, 0.29) is 0 Å². The molecule has 0 atom stereocenters. The topological polar surface area (TPSA) is 40.5 Å². The van der Waals surface area contributed by atoms with Crippen LogP contribution in [0.15, 0.2) is 42.5 Å². The molecule has 0 aliphatic rings. The van der Waals surface area contributed by atoms with Gasteiger partial charge in [-0.3, -0.25) is 0 Å². The molecular weight excluding hydrogens is 308 g/mol. The quantitative estimate of drug-likeness (QED) is 0.606. The lowest BCUT2D eigenvalue weighted by molar-refractivity contribution is 0.466. The molecule has 2 heteroatoms. The van der Waals surface area contributed by atoms with E-state index in [1.165, 1.54) is 5.56 Å². The maximum Gasteiger partial charge on any atom is 0.121 e. The number of rotatable bonds is 2. The standard InChI is InChI=1S/C23H24O2/c1-13-6-7-18(19-8-14(2)22(24)15(3)9-19)12-21(13)20-10-16(4)23(25)17(5)11-20/h6-12,24-25H,1-5H3. The molecule has 0 aliphatic carbocycles. The van der Waals surface area contributed by atoms with Crippen LogP contribution in [0.4, 0.5) is 0 Å². The van der Waals surface area contributed by atoms with Crippen LogP contribution in [0.1, 0.15) is 27.8 Å². The van der Waals surface area contributed by atoms with Crippen molar-refractivity contribution < 1.29 is 10.2 Å². The molecule has 0 saturated carbocycles. The second kappa shape index (κ2) is 6.29. The first kappa shape index (κ1) is 17.1. The van der Waals surface area contributed by atoms with Crippen molar-refractivity contribution in [3.63, 3.8) is 0 Å². The molecule has 0 aromatic heterocycles. The van der Waals surface area contributed by atoms with Crippen molar-refractivity contribution in [2.24, 2.45) is 0 Å². The van der Waals surface area contributed by atoms with Crippen LogP contribution in [-0.4, -0.2) is 10.2 Å². The van der Waals surface area contributed by atoms with Crippen LogP contribution in [0.5, 0.6) is 11.5 Å². The normalized spacial score (nSPS) is 10.9. The molecule has 0 aliphatic heterocycles. The Balaban J connectivity index is 2.17. The summed E-state index contributed by atoms with van der Waals surface area (Å²) < 4.78 is 0. The zero-order valence-electron chi connectivity index (χ0n) is 15.4. The highest BCUT2D eigenvalue weighted by atomic mass is 16.3. The van der Waals surface area contributed by atoms with Gasteiger partial charge in [0.25, 0.3) is 0 Å². The lowest BCUT2D eigenvalue weighted by Crippen LogP contribution is -1.90. The SMILES string of the molecule is Cc1ccc(-c2cc(C)c(O)c(C)c2)cc1-c1cc(C)c(O)c(C)c1. The molecule has 0 spiro atoms. The monoisotopic (exact) mass is 332 g/mol. The van der Waals surface area contributed by atoms with E-state index in [2.05, 4.69) is 25.1 Å². The maximum atomic E-state index is 10.0. The summed E-state index contributed by atoms with van der Waals surface area (Å²) in [6, 6.07) is 14.5. The van der Waals surface area contributed by atoms with Crippen LogP contribution in [0.2, 0.25) is 0 Å². The van der Waals surface area contributed by atoms with Gasteiger partial charge in [0.1, 0.15) is 11.5 Å². The average molecular weight is 332 g/mol. The largest absolute Gasteiger partial charge is 0.507 e. The van der Waals surface area contributed by atoms with E-state index in [9.17, 15) is 10.2 Å². The number of benzene rings is 3. The molecular formula is C23H24O2. The number of hydrogen-bond donors (Lipinski definition) is 2. The summed E-state index contributed by atoms with van der Waals surface area (Å²) in [5, 5.41) is 20.1. The van der Waals surface area contributed by atoms with Crippen LogP contribution < -0.4 is 0 Å². The third-order valence-electron chi connectivity index (χ3n) is 4.86. The van der Waals surface area contributed by atoms with E-state index in [1.54, 1.807) is 0 Å². The smallest absolute Gasteiger partial charge is 0.121 e. The second-order valence-electron chi connectivity index (χ2n) is 6.95. The molecule has 0 unspecified atom stereocenters. The summed E-state index contributed by atoms with van der Waals surface area (Å²) in [5.74, 6) is 0.725. The third kappa shape index (κ3) is 3.12. The van der Waals surface area contributed by atoms with Gasteiger partial charge in [0.05, 0.1) is 0 Å². The lowest BCUT2D eigenvalue weighted by Gasteiger charge is -2.14. The van der Waals surface area contributed by atoms with Gasteiger partial charge in [0, 0.05) is 0 Å². The minimum absolute atomic E-state index is 0.362. The fourth-order valence-electron chi connectivity index (χ4n) is 3.35. The molecule has 2 N–H and O–H groups in total. The van der Waals surface area contributed by atoms with Crippen molar-refractivity contribution >= 4 is 0 Å². The van der Waals surface area contributed by atoms with Gasteiger partial charge in [-0.05, 0) is 115 Å². The van der Waals surface area contributed by atoms with E-state index in [0.29, 0.717) is 11.5 Å². The van der Waals surface area contributed by atoms with Crippen LogP contribution in [0.25, 0.3) is 22.3 Å². The van der Waals surface area contributed by atoms with Gasteiger partial charge in [0.15, 0.2) is 0 Å². The Morgan fingerprint density at radius 1 is 0.480 bits per heavy atom. The molecule has 128 valence electrons. The molecule has 3 rings (SSSR count). The molecule has 0 radical (unpaired) electrons. The zero-order chi connectivity index (χ0) is 18.3. The first-order chi connectivity index (χ1) is 11.8. The Morgan fingerprint density at radius 3 is 1.40 bits per heavy atom. The van der Waals surface area contributed by atoms with Crippen LogP contribution in [0.3, 0.4) is 0 Å². The van der Waals surface area contributed by atoms with Crippen molar-refractivity contribution in [1.82, 2.24) is 0 Å². The number of aromatic hydroxyl groups is 2. The summed E-state index contributed by atoms with van der Waals surface area (Å²) in [6.07, 6.45) is 0. The van der Waals surface area contributed by atoms with Crippen molar-refractivity contribution in [1.29, 1.82) is 0 Å². The molecule has 0 saturated heterocycles. The predicted octanol–water partition coefficient (Wildman–Crippen LogP) is 5.97. The van der Waals surface area contributed by atoms with Gasteiger partial charge < -0.3 is 10.2 Å². The van der Waals surface area contributed by atoms with Gasteiger partial charge in [-0.2, -0.15) is 0 Å². The van der Waals surface area contributed by atoms with Crippen molar-refractivity contribution in [2.75, 3.05) is 0 Å². The van der Waals surface area contributed by atoms with Gasteiger partial charge in [-0.25, -0.2) is 0 Å². The Morgan fingerprint density at radius 2 is 0.920 bits per heavy atom. The van der Waals surface area contributed by atoms with Gasteiger partial charge in [-0.1, -0.05) is 12.1 Å². The Kier molecular flexibility index (Phi) is 4.30. The summed E-state index contributed by atoms with van der Waals surface area (Å²) in [4.78, 5) is 0. The molecule has 0 amide bonds. The summed E-state index contributed by atoms with van der Waals surface area (Å²) >= 11 is 0. The Hall–Kier alpha value is -2.74. The highest BCUT2D eigenvalue weighted by molar-refractivity contribution is 5.77. The first-order valence-electron chi connectivity index (χ1n) is 8.49. The first-order valence-corrected chi connectivity index (χ1v) is 8.49. The van der Waals surface area contributed by atoms with Crippen molar-refractivity contribution in [3.05, 3.63) is 70.3 Å². The summed E-state index contributed by atoms with van der Waals surface area (Å²) in [7, 11) is 0. The van der Waals surface area contributed by atoms with Gasteiger partial charge >= 0.3 is 0 Å². The van der Waals surface area contributed by atoms with Crippen LogP contribution in [0, 0.1) is 34.6 Å². The van der Waals surface area contributed by atoms with E-state index in [0.717, 1.165) is 44.5 Å². The van der Waals surface area contributed by atoms with Crippen molar-refractivity contribution in [3.8, 4) is 33.8 Å². The van der Waals surface area contributed by atoms with Crippen LogP contribution >= 0.6 is 0 Å². The molecule has 0 fully saturated rings. The highest BCUT2D eigenvalue weighted by Crippen LogP contribution is 2.35. The van der Waals surface area contributed by atoms with Crippen molar-refractivity contribution in [2.45, 2.75) is 34.6 Å².